The lowest BCUT2D eigenvalue weighted by Crippen LogP contribution is -2.53. The molecule has 0 aliphatic carbocycles. The minimum atomic E-state index is -4.63. The summed E-state index contributed by atoms with van der Waals surface area (Å²) >= 11 is 0. The Morgan fingerprint density at radius 3 is 2.56 bits per heavy atom. The van der Waals surface area contributed by atoms with Gasteiger partial charge in [-0.25, -0.2) is 23.5 Å². The number of morpholine rings is 1. The topological polar surface area (TPSA) is 149 Å². The van der Waals surface area contributed by atoms with E-state index >= 15 is 4.39 Å². The highest BCUT2D eigenvalue weighted by molar-refractivity contribution is 5.98. The number of nitrogens with one attached hydrogen (secondary N) is 1. The second-order valence-corrected chi connectivity index (χ2v) is 11.0. The van der Waals surface area contributed by atoms with Gasteiger partial charge >= 0.3 is 17.8 Å². The minimum Gasteiger partial charge on any atom is -0.467 e. The van der Waals surface area contributed by atoms with Crippen LogP contribution in [0.2, 0.25) is 0 Å². The first kappa shape index (κ1) is 33.8. The van der Waals surface area contributed by atoms with Crippen molar-refractivity contribution < 1.29 is 36.6 Å². The first-order chi connectivity index (χ1) is 22.7. The van der Waals surface area contributed by atoms with Gasteiger partial charge in [-0.2, -0.15) is 18.4 Å². The summed E-state index contributed by atoms with van der Waals surface area (Å²) in [5.41, 5.74) is -0.973. The molecule has 3 heterocycles. The lowest BCUT2D eigenvalue weighted by atomic mass is 10.0. The predicted molar refractivity (Wildman–Crippen MR) is 163 cm³/mol. The molecule has 1 N–H and O–H groups in total. The third kappa shape index (κ3) is 6.49. The summed E-state index contributed by atoms with van der Waals surface area (Å²) in [5, 5.41) is 11.8. The Balaban J connectivity index is 1.38. The van der Waals surface area contributed by atoms with Crippen LogP contribution in [-0.4, -0.2) is 71.1 Å². The van der Waals surface area contributed by atoms with Gasteiger partial charge in [-0.1, -0.05) is 6.07 Å². The zero-order valence-corrected chi connectivity index (χ0v) is 25.8. The number of aromatic nitrogens is 3. The molecule has 0 unspecified atom stereocenters. The lowest BCUT2D eigenvalue weighted by Gasteiger charge is -2.38. The van der Waals surface area contributed by atoms with Gasteiger partial charge in [0.2, 0.25) is 0 Å². The predicted octanol–water partition coefficient (Wildman–Crippen LogP) is 2.69. The number of hydrogen-bond acceptors (Lipinski definition) is 9. The van der Waals surface area contributed by atoms with Crippen molar-refractivity contribution in [1.82, 2.24) is 19.4 Å². The SMILES string of the molecule is COC(=O)[C@H](Cc1ccc(-n2c(=O)c3ccc(C#N)cc3n(C)c2=O)nc1)NC(=O)c1c(C)cc(N2CCOC[C@@H]2C(F)(F)F)cc1F. The summed E-state index contributed by atoms with van der Waals surface area (Å²) in [4.78, 5) is 57.3. The van der Waals surface area contributed by atoms with Crippen molar-refractivity contribution in [3.8, 4) is 11.9 Å². The van der Waals surface area contributed by atoms with E-state index in [0.29, 0.717) is 5.56 Å². The average Bonchev–Trinajstić information content (AvgIpc) is 3.06. The Morgan fingerprint density at radius 2 is 1.94 bits per heavy atom. The van der Waals surface area contributed by atoms with Gasteiger partial charge in [-0.05, 0) is 54.4 Å². The van der Waals surface area contributed by atoms with E-state index in [-0.39, 0.29) is 53.1 Å². The molecule has 0 radical (unpaired) electrons. The van der Waals surface area contributed by atoms with Crippen LogP contribution in [0, 0.1) is 24.1 Å². The summed E-state index contributed by atoms with van der Waals surface area (Å²) in [6.07, 6.45) is -3.54. The Labute approximate surface area is 269 Å². The second-order valence-electron chi connectivity index (χ2n) is 11.0. The monoisotopic (exact) mass is 668 g/mol. The number of anilines is 1. The number of pyridine rings is 1. The quantitative estimate of drug-likeness (QED) is 0.232. The molecule has 0 bridgehead atoms. The molecule has 16 heteroatoms. The summed E-state index contributed by atoms with van der Waals surface area (Å²) in [7, 11) is 2.53. The second kappa shape index (κ2) is 13.3. The summed E-state index contributed by atoms with van der Waals surface area (Å²) in [5.74, 6) is -2.99. The van der Waals surface area contributed by atoms with E-state index in [1.54, 1.807) is 0 Å². The largest absolute Gasteiger partial charge is 0.467 e. The van der Waals surface area contributed by atoms with Crippen molar-refractivity contribution in [2.75, 3.05) is 31.8 Å². The average molecular weight is 669 g/mol. The fourth-order valence-electron chi connectivity index (χ4n) is 5.56. The highest BCUT2D eigenvalue weighted by Gasteiger charge is 2.45. The number of esters is 1. The molecule has 12 nitrogen and oxygen atoms in total. The van der Waals surface area contributed by atoms with Crippen molar-refractivity contribution in [2.45, 2.75) is 31.6 Å². The van der Waals surface area contributed by atoms with Crippen LogP contribution in [0.4, 0.5) is 23.2 Å². The molecule has 1 amide bonds. The molecule has 48 heavy (non-hydrogen) atoms. The van der Waals surface area contributed by atoms with Crippen LogP contribution < -0.4 is 21.5 Å². The van der Waals surface area contributed by atoms with Crippen molar-refractivity contribution in [3.05, 3.63) is 97.6 Å². The normalized spacial score (nSPS) is 15.5. The van der Waals surface area contributed by atoms with Gasteiger partial charge in [-0.3, -0.25) is 14.2 Å². The molecule has 2 aromatic carbocycles. The number of rotatable bonds is 7. The number of fused-ring (bicyclic) bond motifs is 1. The van der Waals surface area contributed by atoms with Crippen molar-refractivity contribution in [2.24, 2.45) is 7.05 Å². The molecular weight excluding hydrogens is 640 g/mol. The maximum atomic E-state index is 15.3. The molecule has 5 rings (SSSR count). The fourth-order valence-corrected chi connectivity index (χ4v) is 5.56. The minimum absolute atomic E-state index is 0.00584. The molecule has 250 valence electrons. The van der Waals surface area contributed by atoms with Crippen LogP contribution in [-0.2, 0) is 27.7 Å². The number of amides is 1. The zero-order valence-electron chi connectivity index (χ0n) is 25.8. The maximum absolute atomic E-state index is 15.3. The number of nitriles is 1. The highest BCUT2D eigenvalue weighted by Crippen LogP contribution is 2.33. The number of methoxy groups -OCH3 is 1. The van der Waals surface area contributed by atoms with Crippen LogP contribution in [0.1, 0.15) is 27.0 Å². The third-order valence-electron chi connectivity index (χ3n) is 8.01. The first-order valence-corrected chi connectivity index (χ1v) is 14.5. The summed E-state index contributed by atoms with van der Waals surface area (Å²) in [6, 6.07) is 7.88. The molecule has 0 saturated carbocycles. The van der Waals surface area contributed by atoms with E-state index in [9.17, 15) is 37.6 Å². The van der Waals surface area contributed by atoms with E-state index in [1.165, 1.54) is 61.1 Å². The molecule has 0 spiro atoms. The van der Waals surface area contributed by atoms with Gasteiger partial charge in [0.1, 0.15) is 23.7 Å². The van der Waals surface area contributed by atoms with Crippen molar-refractivity contribution >= 4 is 28.5 Å². The number of carbonyl (C=O) groups is 2. The standard InChI is InChI=1S/C32H28F4N6O6/c1-17-10-20(41-8-9-48-16-25(41)32(34,35)36)13-22(33)27(17)28(43)39-23(30(45)47-3)11-19-5-7-26(38-15-19)42-29(44)21-6-4-18(14-37)12-24(21)40(2)31(42)46/h4-7,10,12-13,15,23,25H,8-9,11,16H2,1-3H3,(H,39,43)/t23-,25+/m0/s1. The Hall–Kier alpha value is -5.56. The number of halogens is 4. The molecule has 1 saturated heterocycles. The number of carbonyl (C=O) groups excluding carboxylic acids is 2. The first-order valence-electron chi connectivity index (χ1n) is 14.5. The number of alkyl halides is 3. The summed E-state index contributed by atoms with van der Waals surface area (Å²) in [6.45, 7) is 0.607. The molecule has 2 atom stereocenters. The van der Waals surface area contributed by atoms with Gasteiger partial charge in [-0.15, -0.1) is 0 Å². The third-order valence-corrected chi connectivity index (χ3v) is 8.01. The molecule has 4 aromatic rings. The molecular formula is C32H28F4N6O6. The summed E-state index contributed by atoms with van der Waals surface area (Å²) < 4.78 is 68.0. The maximum Gasteiger partial charge on any atom is 0.411 e. The van der Waals surface area contributed by atoms with E-state index < -0.39 is 59.4 Å². The Kier molecular flexibility index (Phi) is 9.35. The van der Waals surface area contributed by atoms with E-state index in [0.717, 1.165) is 22.6 Å². The number of nitrogens with zero attached hydrogens (tertiary/aromatic N) is 5. The van der Waals surface area contributed by atoms with Crippen molar-refractivity contribution in [3.63, 3.8) is 0 Å². The van der Waals surface area contributed by atoms with Gasteiger partial charge < -0.3 is 19.7 Å². The number of ether oxygens (including phenoxy) is 2. The van der Waals surface area contributed by atoms with Crippen molar-refractivity contribution in [1.29, 1.82) is 5.26 Å². The van der Waals surface area contributed by atoms with Crippen LogP contribution in [0.5, 0.6) is 0 Å². The van der Waals surface area contributed by atoms with Gasteiger partial charge in [0.15, 0.2) is 0 Å². The fraction of sp³-hybridized carbons (Fsp3) is 0.312. The number of benzene rings is 2. The van der Waals surface area contributed by atoms with E-state index in [4.69, 9.17) is 9.47 Å². The van der Waals surface area contributed by atoms with Crippen LogP contribution >= 0.6 is 0 Å². The number of aryl methyl sites for hydroxylation is 2. The van der Waals surface area contributed by atoms with E-state index in [1.807, 2.05) is 6.07 Å². The Bertz CT molecular complexity index is 2050. The highest BCUT2D eigenvalue weighted by atomic mass is 19.4. The van der Waals surface area contributed by atoms with Gasteiger partial charge in [0.05, 0.1) is 48.4 Å². The van der Waals surface area contributed by atoms with Crippen LogP contribution in [0.15, 0.2) is 58.3 Å². The van der Waals surface area contributed by atoms with Crippen LogP contribution in [0.25, 0.3) is 16.7 Å². The van der Waals surface area contributed by atoms with E-state index in [2.05, 4.69) is 10.3 Å². The zero-order chi connectivity index (χ0) is 34.9. The van der Waals surface area contributed by atoms with Gasteiger partial charge in [0, 0.05) is 31.9 Å². The van der Waals surface area contributed by atoms with Gasteiger partial charge in [0.25, 0.3) is 11.5 Å². The van der Waals surface area contributed by atoms with Crippen LogP contribution in [0.3, 0.4) is 0 Å². The number of hydrogen-bond donors (Lipinski definition) is 1. The molecule has 2 aromatic heterocycles. The molecule has 1 aliphatic heterocycles. The molecule has 1 fully saturated rings. The molecule has 1 aliphatic rings. The lowest BCUT2D eigenvalue weighted by molar-refractivity contribution is -0.167. The smallest absolute Gasteiger partial charge is 0.411 e. The Morgan fingerprint density at radius 1 is 1.19 bits per heavy atom.